The lowest BCUT2D eigenvalue weighted by Crippen LogP contribution is -2.40. The van der Waals surface area contributed by atoms with E-state index in [1.54, 1.807) is 11.2 Å². The highest BCUT2D eigenvalue weighted by Crippen LogP contribution is 2.25. The van der Waals surface area contributed by atoms with Crippen LogP contribution in [0, 0.1) is 0 Å². The summed E-state index contributed by atoms with van der Waals surface area (Å²) in [5.41, 5.74) is 0. The summed E-state index contributed by atoms with van der Waals surface area (Å²) < 4.78 is 1.90. The van der Waals surface area contributed by atoms with Crippen molar-refractivity contribution in [3.05, 3.63) is 18.0 Å². The van der Waals surface area contributed by atoms with Gasteiger partial charge in [-0.1, -0.05) is 0 Å². The normalized spacial score (nSPS) is 19.6. The molecule has 1 saturated heterocycles. The number of piperidine rings is 1. The number of carbonyl (C=O) groups excluding carboxylic acids is 1. The maximum absolute atomic E-state index is 12.2. The summed E-state index contributed by atoms with van der Waals surface area (Å²) in [6.45, 7) is 1.32. The second kappa shape index (κ2) is 4.75. The SMILES string of the molecule is Cn1cnnc1C1CCCN(C(=O)c2nn[nH]n2)C1. The van der Waals surface area contributed by atoms with Gasteiger partial charge >= 0.3 is 0 Å². The molecule has 0 spiro atoms. The van der Waals surface area contributed by atoms with Crippen LogP contribution in [0.3, 0.4) is 0 Å². The van der Waals surface area contributed by atoms with E-state index >= 15 is 0 Å². The molecular weight excluding hydrogens is 248 g/mol. The van der Waals surface area contributed by atoms with Crippen molar-refractivity contribution in [2.24, 2.45) is 7.05 Å². The fourth-order valence-corrected chi connectivity index (χ4v) is 2.43. The number of H-pyrrole nitrogens is 1. The first-order chi connectivity index (χ1) is 9.25. The predicted molar refractivity (Wildman–Crippen MR) is 63.1 cm³/mol. The molecule has 0 saturated carbocycles. The molecule has 1 unspecified atom stereocenters. The standard InChI is InChI=1S/C10H14N8O/c1-17-6-11-14-9(17)7-3-2-4-18(5-7)10(19)8-12-15-16-13-8/h6-7H,2-5H2,1H3,(H,12,13,15,16). The van der Waals surface area contributed by atoms with Gasteiger partial charge < -0.3 is 9.47 Å². The van der Waals surface area contributed by atoms with Gasteiger partial charge in [0.15, 0.2) is 0 Å². The van der Waals surface area contributed by atoms with Gasteiger partial charge in [-0.05, 0) is 18.1 Å². The van der Waals surface area contributed by atoms with Crippen LogP contribution in [0.2, 0.25) is 0 Å². The highest BCUT2D eigenvalue weighted by atomic mass is 16.2. The fraction of sp³-hybridized carbons (Fsp3) is 0.600. The first-order valence-corrected chi connectivity index (χ1v) is 6.12. The Morgan fingerprint density at radius 2 is 2.37 bits per heavy atom. The van der Waals surface area contributed by atoms with Crippen LogP contribution in [0.5, 0.6) is 0 Å². The Bertz CT molecular complexity index is 562. The van der Waals surface area contributed by atoms with Gasteiger partial charge in [0.1, 0.15) is 12.2 Å². The zero-order chi connectivity index (χ0) is 13.2. The fourth-order valence-electron chi connectivity index (χ4n) is 2.43. The minimum atomic E-state index is -0.194. The van der Waals surface area contributed by atoms with Crippen LogP contribution >= 0.6 is 0 Å². The van der Waals surface area contributed by atoms with Crippen LogP contribution in [0.1, 0.15) is 35.2 Å². The molecule has 1 atom stereocenters. The van der Waals surface area contributed by atoms with Crippen molar-refractivity contribution in [1.82, 2.24) is 40.3 Å². The van der Waals surface area contributed by atoms with Crippen molar-refractivity contribution in [2.45, 2.75) is 18.8 Å². The first-order valence-electron chi connectivity index (χ1n) is 6.12. The zero-order valence-corrected chi connectivity index (χ0v) is 10.5. The summed E-state index contributed by atoms with van der Waals surface area (Å²) in [4.78, 5) is 13.9. The van der Waals surface area contributed by atoms with E-state index in [1.807, 2.05) is 11.6 Å². The van der Waals surface area contributed by atoms with Crippen molar-refractivity contribution in [3.63, 3.8) is 0 Å². The Hall–Kier alpha value is -2.32. The van der Waals surface area contributed by atoms with Crippen LogP contribution in [-0.4, -0.2) is 59.3 Å². The Morgan fingerprint density at radius 1 is 1.47 bits per heavy atom. The van der Waals surface area contributed by atoms with E-state index in [4.69, 9.17) is 0 Å². The number of nitrogens with one attached hydrogen (secondary N) is 1. The lowest BCUT2D eigenvalue weighted by atomic mass is 9.97. The number of hydrogen-bond donors (Lipinski definition) is 1. The van der Waals surface area contributed by atoms with E-state index in [9.17, 15) is 4.79 Å². The molecule has 1 amide bonds. The number of carbonyl (C=O) groups is 1. The molecule has 0 aliphatic carbocycles. The average molecular weight is 262 g/mol. The molecule has 19 heavy (non-hydrogen) atoms. The van der Waals surface area contributed by atoms with Crippen molar-refractivity contribution in [2.75, 3.05) is 13.1 Å². The van der Waals surface area contributed by atoms with Crippen LogP contribution in [0.25, 0.3) is 0 Å². The maximum Gasteiger partial charge on any atom is 0.295 e. The summed E-state index contributed by atoms with van der Waals surface area (Å²) in [5, 5.41) is 21.2. The van der Waals surface area contributed by atoms with Gasteiger partial charge in [0.2, 0.25) is 0 Å². The van der Waals surface area contributed by atoms with Crippen molar-refractivity contribution in [3.8, 4) is 0 Å². The molecule has 1 N–H and O–H groups in total. The molecule has 3 heterocycles. The monoisotopic (exact) mass is 262 g/mol. The van der Waals surface area contributed by atoms with E-state index in [0.717, 1.165) is 18.7 Å². The first kappa shape index (κ1) is 11.8. The van der Waals surface area contributed by atoms with Gasteiger partial charge in [0.05, 0.1) is 0 Å². The summed E-state index contributed by atoms with van der Waals surface area (Å²) in [6, 6.07) is 0. The Balaban J connectivity index is 1.75. The number of tetrazole rings is 1. The van der Waals surface area contributed by atoms with Crippen molar-refractivity contribution in [1.29, 1.82) is 0 Å². The van der Waals surface area contributed by atoms with E-state index in [2.05, 4.69) is 30.8 Å². The third-order valence-electron chi connectivity index (χ3n) is 3.36. The summed E-state index contributed by atoms with van der Waals surface area (Å²) in [5.74, 6) is 1.03. The van der Waals surface area contributed by atoms with Crippen LogP contribution in [-0.2, 0) is 7.05 Å². The number of amides is 1. The largest absolute Gasteiger partial charge is 0.335 e. The number of rotatable bonds is 2. The zero-order valence-electron chi connectivity index (χ0n) is 10.5. The minimum absolute atomic E-state index is 0.110. The summed E-state index contributed by atoms with van der Waals surface area (Å²) in [6.07, 6.45) is 3.61. The molecule has 3 rings (SSSR count). The van der Waals surface area contributed by atoms with Gasteiger partial charge in [-0.3, -0.25) is 4.79 Å². The quantitative estimate of drug-likeness (QED) is 0.770. The van der Waals surface area contributed by atoms with Gasteiger partial charge in [0.25, 0.3) is 11.7 Å². The molecule has 0 radical (unpaired) electrons. The lowest BCUT2D eigenvalue weighted by molar-refractivity contribution is 0.0691. The topological polar surface area (TPSA) is 105 Å². The minimum Gasteiger partial charge on any atom is -0.335 e. The Kier molecular flexibility index (Phi) is 2.94. The number of hydrogen-bond acceptors (Lipinski definition) is 6. The van der Waals surface area contributed by atoms with Gasteiger partial charge in [-0.2, -0.15) is 5.21 Å². The molecule has 2 aromatic heterocycles. The molecule has 1 fully saturated rings. The van der Waals surface area contributed by atoms with E-state index in [-0.39, 0.29) is 17.6 Å². The van der Waals surface area contributed by atoms with Gasteiger partial charge in [0, 0.05) is 26.1 Å². The number of aromatic amines is 1. The maximum atomic E-state index is 12.2. The summed E-state index contributed by atoms with van der Waals surface area (Å²) >= 11 is 0. The second-order valence-corrected chi connectivity index (χ2v) is 4.63. The number of aromatic nitrogens is 7. The van der Waals surface area contributed by atoms with Crippen LogP contribution in [0.15, 0.2) is 6.33 Å². The highest BCUT2D eigenvalue weighted by Gasteiger charge is 2.29. The predicted octanol–water partition coefficient (Wildman–Crippen LogP) is -0.652. The number of likely N-dealkylation sites (tertiary alicyclic amines) is 1. The van der Waals surface area contributed by atoms with Gasteiger partial charge in [-0.25, -0.2) is 0 Å². The smallest absolute Gasteiger partial charge is 0.295 e. The highest BCUT2D eigenvalue weighted by molar-refractivity contribution is 5.90. The average Bonchev–Trinajstić information content (AvgIpc) is 3.09. The molecule has 1 aliphatic rings. The van der Waals surface area contributed by atoms with Crippen molar-refractivity contribution >= 4 is 5.91 Å². The molecule has 0 aromatic carbocycles. The molecule has 1 aliphatic heterocycles. The Morgan fingerprint density at radius 3 is 3.05 bits per heavy atom. The molecule has 9 heteroatoms. The molecule has 0 bridgehead atoms. The second-order valence-electron chi connectivity index (χ2n) is 4.63. The van der Waals surface area contributed by atoms with E-state index in [1.165, 1.54) is 0 Å². The van der Waals surface area contributed by atoms with Crippen molar-refractivity contribution < 1.29 is 4.79 Å². The molecular formula is C10H14N8O. The van der Waals surface area contributed by atoms with E-state index in [0.29, 0.717) is 13.1 Å². The van der Waals surface area contributed by atoms with E-state index < -0.39 is 0 Å². The number of nitrogens with zero attached hydrogens (tertiary/aromatic N) is 7. The Labute approximate surface area is 109 Å². The third kappa shape index (κ3) is 2.18. The molecule has 2 aromatic rings. The van der Waals surface area contributed by atoms with Gasteiger partial charge in [-0.15, -0.1) is 20.4 Å². The molecule has 100 valence electrons. The number of aryl methyl sites for hydroxylation is 1. The third-order valence-corrected chi connectivity index (χ3v) is 3.36. The molecule has 9 nitrogen and oxygen atoms in total. The summed E-state index contributed by atoms with van der Waals surface area (Å²) in [7, 11) is 1.91. The van der Waals surface area contributed by atoms with Crippen LogP contribution in [0.4, 0.5) is 0 Å². The van der Waals surface area contributed by atoms with Crippen LogP contribution < -0.4 is 0 Å². The lowest BCUT2D eigenvalue weighted by Gasteiger charge is -2.31.